The van der Waals surface area contributed by atoms with Crippen molar-refractivity contribution in [1.82, 2.24) is 0 Å². The number of hydrogen-bond donors (Lipinski definition) is 0. The Hall–Kier alpha value is -2.97. The van der Waals surface area contributed by atoms with Crippen LogP contribution in [0.15, 0.2) is 91.0 Å². The fourth-order valence-corrected chi connectivity index (χ4v) is 8.43. The van der Waals surface area contributed by atoms with Gasteiger partial charge in [0.05, 0.1) is 0 Å². The molecule has 31 heavy (non-hydrogen) atoms. The zero-order valence-electron chi connectivity index (χ0n) is 18.4. The van der Waals surface area contributed by atoms with Crippen LogP contribution in [0.25, 0.3) is 0 Å². The second kappa shape index (κ2) is 8.64. The zero-order valence-corrected chi connectivity index (χ0v) is 19.3. The Bertz CT molecular complexity index is 942. The van der Waals surface area contributed by atoms with Gasteiger partial charge in [0.15, 0.2) is 0 Å². The molecule has 0 saturated carbocycles. The fourth-order valence-electron chi connectivity index (χ4n) is 3.78. The second-order valence-electron chi connectivity index (χ2n) is 8.75. The molecule has 3 aromatic rings. The third kappa shape index (κ3) is 4.40. The van der Waals surface area contributed by atoms with Gasteiger partial charge in [0.1, 0.15) is 0 Å². The molecule has 3 rings (SSSR count). The maximum absolute atomic E-state index is 13.4. The molecule has 0 amide bonds. The van der Waals surface area contributed by atoms with Crippen LogP contribution in [-0.2, 0) is 18.6 Å². The van der Waals surface area contributed by atoms with Crippen molar-refractivity contribution in [2.45, 2.75) is 34.1 Å². The zero-order chi connectivity index (χ0) is 22.6. The first-order valence-electron chi connectivity index (χ1n) is 10.3. The van der Waals surface area contributed by atoms with Crippen molar-refractivity contribution in [3.8, 4) is 0 Å². The summed E-state index contributed by atoms with van der Waals surface area (Å²) >= 11 is 0. The summed E-state index contributed by atoms with van der Waals surface area (Å²) in [6.45, 7) is 7.28. The second-order valence-corrected chi connectivity index (χ2v) is 12.6. The third-order valence-electron chi connectivity index (χ3n) is 4.93. The van der Waals surface area contributed by atoms with E-state index in [9.17, 15) is 9.59 Å². The van der Waals surface area contributed by atoms with E-state index in [-0.39, 0.29) is 11.8 Å². The number of rotatable bonds is 6. The van der Waals surface area contributed by atoms with Crippen molar-refractivity contribution >= 4 is 34.9 Å². The fraction of sp³-hybridized carbons (Fsp3) is 0.231. The monoisotopic (exact) mass is 436 g/mol. The predicted molar refractivity (Wildman–Crippen MR) is 127 cm³/mol. The van der Waals surface area contributed by atoms with E-state index in [0.717, 1.165) is 0 Å². The van der Waals surface area contributed by atoms with Gasteiger partial charge in [0.2, 0.25) is 0 Å². The Kier molecular flexibility index (Phi) is 6.33. The normalized spacial score (nSPS) is 13.0. The molecule has 5 heteroatoms. The molecule has 0 radical (unpaired) electrons. The van der Waals surface area contributed by atoms with E-state index in [1.807, 2.05) is 112 Å². The van der Waals surface area contributed by atoms with Gasteiger partial charge in [-0.05, 0) is 0 Å². The van der Waals surface area contributed by atoms with Gasteiger partial charge in [0.25, 0.3) is 0 Å². The predicted octanol–water partition coefficient (Wildman–Crippen LogP) is 4.89. The Morgan fingerprint density at radius 1 is 0.677 bits per heavy atom. The molecule has 0 atom stereocenters. The van der Waals surface area contributed by atoms with E-state index >= 15 is 0 Å². The molecule has 162 valence electrons. The Morgan fingerprint density at radius 3 is 1.32 bits per heavy atom. The summed E-state index contributed by atoms with van der Waals surface area (Å²) in [6, 6.07) is 28.0. The van der Waals surface area contributed by atoms with Crippen molar-refractivity contribution in [1.29, 1.82) is 0 Å². The molecule has 0 N–H and O–H groups in total. The van der Waals surface area contributed by atoms with Crippen LogP contribution < -0.4 is 15.9 Å². The van der Waals surface area contributed by atoms with Crippen LogP contribution in [-0.4, -0.2) is 11.9 Å². The van der Waals surface area contributed by atoms with Crippen LogP contribution in [0.5, 0.6) is 0 Å². The molecule has 0 aliphatic carbocycles. The molecule has 0 bridgehead atoms. The van der Waals surface area contributed by atoms with Gasteiger partial charge in [-0.25, -0.2) is 0 Å². The first kappa shape index (κ1) is 22.7. The standard InChI is InChI=1S/C26H29O4P/c1-21(27)29-31(22-14-8-5-9-15-22,23-16-10-6-11-17-23,24-18-12-7-13-19-24)30-25(28)20-26(2,3)4/h5-19H,20H2,1-4H3. The van der Waals surface area contributed by atoms with E-state index in [4.69, 9.17) is 9.05 Å². The van der Waals surface area contributed by atoms with E-state index in [0.29, 0.717) is 15.9 Å². The van der Waals surface area contributed by atoms with Gasteiger partial charge >= 0.3 is 184 Å². The Balaban J connectivity index is 2.46. The van der Waals surface area contributed by atoms with Gasteiger partial charge in [-0.3, -0.25) is 0 Å². The third-order valence-corrected chi connectivity index (χ3v) is 9.80. The molecule has 0 saturated heterocycles. The Morgan fingerprint density at radius 2 is 1.03 bits per heavy atom. The van der Waals surface area contributed by atoms with Gasteiger partial charge in [-0.2, -0.15) is 0 Å². The molecule has 3 aromatic carbocycles. The number of hydrogen-bond acceptors (Lipinski definition) is 4. The maximum atomic E-state index is 13.4. The van der Waals surface area contributed by atoms with Gasteiger partial charge in [-0.15, -0.1) is 0 Å². The SMILES string of the molecule is CC(=O)OP(OC(=O)CC(C)(C)C)(c1ccccc1)(c1ccccc1)c1ccccc1. The van der Waals surface area contributed by atoms with E-state index in [1.165, 1.54) is 6.92 Å². The van der Waals surface area contributed by atoms with Crippen LogP contribution in [0.4, 0.5) is 0 Å². The van der Waals surface area contributed by atoms with Crippen LogP contribution in [0.2, 0.25) is 0 Å². The van der Waals surface area contributed by atoms with Crippen LogP contribution in [0, 0.1) is 5.41 Å². The van der Waals surface area contributed by atoms with Crippen molar-refractivity contribution in [2.75, 3.05) is 0 Å². The van der Waals surface area contributed by atoms with E-state index in [1.54, 1.807) is 0 Å². The Labute approximate surface area is 184 Å². The molecular formula is C26H29O4P. The van der Waals surface area contributed by atoms with E-state index in [2.05, 4.69) is 0 Å². The summed E-state index contributed by atoms with van der Waals surface area (Å²) in [4.78, 5) is 26.1. The number of carbonyl (C=O) groups is 2. The molecule has 0 spiro atoms. The van der Waals surface area contributed by atoms with Gasteiger partial charge < -0.3 is 0 Å². The average Bonchev–Trinajstić information content (AvgIpc) is 2.73. The summed E-state index contributed by atoms with van der Waals surface area (Å²) in [7, 11) is -4.42. The van der Waals surface area contributed by atoms with Gasteiger partial charge in [-0.1, -0.05) is 0 Å². The molecule has 4 nitrogen and oxygen atoms in total. The minimum atomic E-state index is -4.42. The average molecular weight is 436 g/mol. The van der Waals surface area contributed by atoms with E-state index < -0.39 is 19.0 Å². The van der Waals surface area contributed by atoms with Crippen molar-refractivity contribution in [3.05, 3.63) is 91.0 Å². The molecule has 0 aliphatic rings. The van der Waals surface area contributed by atoms with Crippen molar-refractivity contribution in [2.24, 2.45) is 5.41 Å². The molecule has 0 aromatic heterocycles. The van der Waals surface area contributed by atoms with Crippen LogP contribution in [0.1, 0.15) is 34.1 Å². The molecule has 0 aliphatic heterocycles. The summed E-state index contributed by atoms with van der Waals surface area (Å²) in [6.07, 6.45) is 0.179. The summed E-state index contributed by atoms with van der Waals surface area (Å²) in [5.41, 5.74) is -0.294. The topological polar surface area (TPSA) is 52.6 Å². The first-order chi connectivity index (χ1) is 14.7. The first-order valence-corrected chi connectivity index (χ1v) is 12.4. The van der Waals surface area contributed by atoms with Crippen LogP contribution >= 0.6 is 7.06 Å². The number of carbonyl (C=O) groups excluding carboxylic acids is 2. The van der Waals surface area contributed by atoms with Crippen molar-refractivity contribution < 1.29 is 18.6 Å². The van der Waals surface area contributed by atoms with Crippen LogP contribution in [0.3, 0.4) is 0 Å². The molecule has 0 fully saturated rings. The molecular weight excluding hydrogens is 407 g/mol. The summed E-state index contributed by atoms with van der Waals surface area (Å²) in [5, 5.41) is 1.97. The molecule has 0 unspecified atom stereocenters. The minimum absolute atomic E-state index is 0.179. The number of benzene rings is 3. The van der Waals surface area contributed by atoms with Gasteiger partial charge in [0, 0.05) is 0 Å². The van der Waals surface area contributed by atoms with Crippen molar-refractivity contribution in [3.63, 3.8) is 0 Å². The summed E-state index contributed by atoms with van der Waals surface area (Å²) < 4.78 is 12.8. The summed E-state index contributed by atoms with van der Waals surface area (Å²) in [5.74, 6) is -0.930. The quantitative estimate of drug-likeness (QED) is 0.517. The molecule has 0 heterocycles.